The van der Waals surface area contributed by atoms with Gasteiger partial charge in [0.2, 0.25) is 0 Å². The Labute approximate surface area is 178 Å². The summed E-state index contributed by atoms with van der Waals surface area (Å²) in [5.74, 6) is -0.0388. The third-order valence-corrected chi connectivity index (χ3v) is 6.71. The molecule has 1 aromatic heterocycles. The molecule has 0 spiro atoms. The standard InChI is InChI=1S/C22H22N4O3S/c1-14-12-15(6-7-17(14)26-9-8-23-22(26)28)21(27)25-10-11-29-13-18(25)20-24-16-4-2-3-5-19(16)30-20/h2-7,12,18H,8-11,13H2,1H3,(H,23,28). The van der Waals surface area contributed by atoms with Crippen LogP contribution < -0.4 is 10.2 Å². The lowest BCUT2D eigenvalue weighted by Crippen LogP contribution is -2.43. The predicted molar refractivity (Wildman–Crippen MR) is 116 cm³/mol. The number of nitrogens with one attached hydrogen (secondary N) is 1. The number of hydrogen-bond donors (Lipinski definition) is 1. The molecule has 30 heavy (non-hydrogen) atoms. The number of fused-ring (bicyclic) bond motifs is 1. The van der Waals surface area contributed by atoms with Crippen LogP contribution >= 0.6 is 11.3 Å². The summed E-state index contributed by atoms with van der Waals surface area (Å²) in [5, 5.41) is 3.71. The molecule has 3 aromatic rings. The van der Waals surface area contributed by atoms with Crippen molar-refractivity contribution in [3.63, 3.8) is 0 Å². The molecule has 0 radical (unpaired) electrons. The van der Waals surface area contributed by atoms with Crippen molar-refractivity contribution in [2.24, 2.45) is 0 Å². The maximum absolute atomic E-state index is 13.4. The van der Waals surface area contributed by atoms with Crippen LogP contribution in [0, 0.1) is 6.92 Å². The van der Waals surface area contributed by atoms with Gasteiger partial charge in [0.05, 0.1) is 23.4 Å². The Balaban J connectivity index is 1.43. The lowest BCUT2D eigenvalue weighted by Gasteiger charge is -2.34. The summed E-state index contributed by atoms with van der Waals surface area (Å²) in [4.78, 5) is 33.7. The van der Waals surface area contributed by atoms with E-state index < -0.39 is 0 Å². The highest BCUT2D eigenvalue weighted by Gasteiger charge is 2.32. The highest BCUT2D eigenvalue weighted by molar-refractivity contribution is 7.18. The van der Waals surface area contributed by atoms with E-state index in [0.29, 0.717) is 38.4 Å². The van der Waals surface area contributed by atoms with Gasteiger partial charge in [0.1, 0.15) is 11.0 Å². The number of carbonyl (C=O) groups is 2. The van der Waals surface area contributed by atoms with Gasteiger partial charge in [-0.25, -0.2) is 9.78 Å². The molecule has 8 heteroatoms. The van der Waals surface area contributed by atoms with E-state index in [4.69, 9.17) is 9.72 Å². The van der Waals surface area contributed by atoms with Gasteiger partial charge in [0, 0.05) is 30.9 Å². The lowest BCUT2D eigenvalue weighted by molar-refractivity contribution is -0.00269. The Morgan fingerprint density at radius 1 is 1.23 bits per heavy atom. The van der Waals surface area contributed by atoms with Crippen molar-refractivity contribution in [2.45, 2.75) is 13.0 Å². The van der Waals surface area contributed by atoms with Crippen LogP contribution in [0.5, 0.6) is 0 Å². The van der Waals surface area contributed by atoms with Crippen LogP contribution in [0.25, 0.3) is 10.2 Å². The predicted octanol–water partition coefficient (Wildman–Crippen LogP) is 3.35. The first-order valence-corrected chi connectivity index (χ1v) is 10.8. The highest BCUT2D eigenvalue weighted by Crippen LogP contribution is 2.33. The van der Waals surface area contributed by atoms with Crippen molar-refractivity contribution in [3.05, 3.63) is 58.6 Å². The van der Waals surface area contributed by atoms with Crippen molar-refractivity contribution < 1.29 is 14.3 Å². The van der Waals surface area contributed by atoms with E-state index >= 15 is 0 Å². The summed E-state index contributed by atoms with van der Waals surface area (Å²) in [6.45, 7) is 4.68. The first kappa shape index (κ1) is 19.0. The van der Waals surface area contributed by atoms with E-state index in [1.165, 1.54) is 0 Å². The molecule has 0 saturated carbocycles. The van der Waals surface area contributed by atoms with E-state index in [-0.39, 0.29) is 18.0 Å². The summed E-state index contributed by atoms with van der Waals surface area (Å²) >= 11 is 1.61. The molecular formula is C22H22N4O3S. The minimum absolute atomic E-state index is 0.0388. The first-order valence-electron chi connectivity index (χ1n) is 10.0. The SMILES string of the molecule is Cc1cc(C(=O)N2CCOCC2c2nc3ccccc3s2)ccc1N1CCNC1=O. The number of anilines is 1. The number of para-hydroxylation sites is 1. The molecule has 1 atom stereocenters. The summed E-state index contributed by atoms with van der Waals surface area (Å²) in [5.41, 5.74) is 3.30. The second kappa shape index (κ2) is 7.70. The molecule has 2 fully saturated rings. The zero-order valence-electron chi connectivity index (χ0n) is 16.6. The van der Waals surface area contributed by atoms with Crippen molar-refractivity contribution in [1.29, 1.82) is 0 Å². The van der Waals surface area contributed by atoms with Crippen LogP contribution in [-0.2, 0) is 4.74 Å². The molecule has 2 aliphatic rings. The molecule has 0 bridgehead atoms. The molecule has 2 aliphatic heterocycles. The number of aryl methyl sites for hydroxylation is 1. The fourth-order valence-electron chi connectivity index (χ4n) is 4.04. The monoisotopic (exact) mass is 422 g/mol. The first-order chi connectivity index (χ1) is 14.6. The Morgan fingerprint density at radius 2 is 2.10 bits per heavy atom. The second-order valence-corrected chi connectivity index (χ2v) is 8.56. The Morgan fingerprint density at radius 3 is 2.87 bits per heavy atom. The third-order valence-electron chi connectivity index (χ3n) is 5.58. The molecule has 2 saturated heterocycles. The fraction of sp³-hybridized carbons (Fsp3) is 0.318. The average molecular weight is 423 g/mol. The highest BCUT2D eigenvalue weighted by atomic mass is 32.1. The molecule has 3 amide bonds. The molecule has 154 valence electrons. The second-order valence-electron chi connectivity index (χ2n) is 7.49. The maximum Gasteiger partial charge on any atom is 0.322 e. The smallest absolute Gasteiger partial charge is 0.322 e. The normalized spacial score (nSPS) is 19.4. The zero-order valence-corrected chi connectivity index (χ0v) is 17.4. The number of morpholine rings is 1. The average Bonchev–Trinajstić information content (AvgIpc) is 3.39. The van der Waals surface area contributed by atoms with Gasteiger partial charge < -0.3 is 15.0 Å². The number of carbonyl (C=O) groups excluding carboxylic acids is 2. The van der Waals surface area contributed by atoms with Crippen molar-refractivity contribution in [1.82, 2.24) is 15.2 Å². The molecular weight excluding hydrogens is 400 g/mol. The van der Waals surface area contributed by atoms with Crippen LogP contribution in [0.15, 0.2) is 42.5 Å². The van der Waals surface area contributed by atoms with Crippen LogP contribution in [0.3, 0.4) is 0 Å². The Hall–Kier alpha value is -2.97. The van der Waals surface area contributed by atoms with Gasteiger partial charge in [0.15, 0.2) is 0 Å². The van der Waals surface area contributed by atoms with Crippen molar-refractivity contribution >= 4 is 39.2 Å². The third kappa shape index (κ3) is 3.32. The van der Waals surface area contributed by atoms with Crippen molar-refractivity contribution in [3.8, 4) is 0 Å². The number of nitrogens with zero attached hydrogens (tertiary/aromatic N) is 3. The van der Waals surface area contributed by atoms with E-state index in [9.17, 15) is 9.59 Å². The van der Waals surface area contributed by atoms with Crippen LogP contribution in [0.2, 0.25) is 0 Å². The lowest BCUT2D eigenvalue weighted by atomic mass is 10.1. The number of rotatable bonds is 3. The van der Waals surface area contributed by atoms with E-state index in [1.54, 1.807) is 22.3 Å². The zero-order chi connectivity index (χ0) is 20.7. The van der Waals surface area contributed by atoms with Gasteiger partial charge in [-0.15, -0.1) is 11.3 Å². The number of amides is 3. The molecule has 1 N–H and O–H groups in total. The number of hydrogen-bond acceptors (Lipinski definition) is 5. The Kier molecular flexibility index (Phi) is 4.88. The number of benzene rings is 2. The largest absolute Gasteiger partial charge is 0.377 e. The molecule has 3 heterocycles. The number of aromatic nitrogens is 1. The fourth-order valence-corrected chi connectivity index (χ4v) is 5.11. The molecule has 2 aromatic carbocycles. The minimum atomic E-state index is -0.201. The van der Waals surface area contributed by atoms with E-state index in [1.807, 2.05) is 48.2 Å². The number of urea groups is 1. The van der Waals surface area contributed by atoms with Gasteiger partial charge in [-0.3, -0.25) is 9.69 Å². The van der Waals surface area contributed by atoms with Gasteiger partial charge in [-0.1, -0.05) is 12.1 Å². The van der Waals surface area contributed by atoms with Crippen molar-refractivity contribution in [2.75, 3.05) is 37.7 Å². The van der Waals surface area contributed by atoms with Crippen LogP contribution in [0.4, 0.5) is 10.5 Å². The quantitative estimate of drug-likeness (QED) is 0.703. The molecule has 0 aliphatic carbocycles. The molecule has 5 rings (SSSR count). The van der Waals surface area contributed by atoms with Gasteiger partial charge in [-0.05, 0) is 42.8 Å². The maximum atomic E-state index is 13.4. The Bertz CT molecular complexity index is 1100. The van der Waals surface area contributed by atoms with E-state index in [0.717, 1.165) is 26.5 Å². The summed E-state index contributed by atoms with van der Waals surface area (Å²) in [6, 6.07) is 13.2. The van der Waals surface area contributed by atoms with Crippen LogP contribution in [-0.4, -0.2) is 54.7 Å². The van der Waals surface area contributed by atoms with Gasteiger partial charge in [-0.2, -0.15) is 0 Å². The number of ether oxygens (including phenoxy) is 1. The van der Waals surface area contributed by atoms with Gasteiger partial charge >= 0.3 is 6.03 Å². The van der Waals surface area contributed by atoms with Crippen LogP contribution in [0.1, 0.15) is 27.0 Å². The van der Waals surface area contributed by atoms with E-state index in [2.05, 4.69) is 5.32 Å². The topological polar surface area (TPSA) is 74.8 Å². The summed E-state index contributed by atoms with van der Waals surface area (Å²) < 4.78 is 6.80. The number of thiazole rings is 1. The molecule has 1 unspecified atom stereocenters. The van der Waals surface area contributed by atoms with Gasteiger partial charge in [0.25, 0.3) is 5.91 Å². The minimum Gasteiger partial charge on any atom is -0.377 e. The summed E-state index contributed by atoms with van der Waals surface area (Å²) in [7, 11) is 0. The summed E-state index contributed by atoms with van der Waals surface area (Å²) in [6.07, 6.45) is 0. The molecule has 7 nitrogen and oxygen atoms in total.